The van der Waals surface area contributed by atoms with Crippen molar-refractivity contribution in [2.75, 3.05) is 26.2 Å². The highest BCUT2D eigenvalue weighted by molar-refractivity contribution is 14.0. The van der Waals surface area contributed by atoms with Crippen LogP contribution in [-0.2, 0) is 13.1 Å². The molecule has 1 saturated heterocycles. The van der Waals surface area contributed by atoms with Crippen LogP contribution in [0, 0.1) is 0 Å². The first-order chi connectivity index (χ1) is 15.0. The van der Waals surface area contributed by atoms with E-state index in [1.807, 2.05) is 12.3 Å². The minimum atomic E-state index is 0. The van der Waals surface area contributed by atoms with Gasteiger partial charge in [0.25, 0.3) is 5.56 Å². The molecular formula is C25H38IN5O. The van der Waals surface area contributed by atoms with Crippen LogP contribution in [0.15, 0.2) is 58.4 Å². The molecule has 1 fully saturated rings. The Kier molecular flexibility index (Phi) is 10.7. The standard InChI is InChI=1S/C25H37N5O.HI/c1-4-26-24(28-20-25(2,3)30-16-7-5-8-17-30)27-18-21-11-13-22(14-12-21)19-29-15-9-6-10-23(29)31;/h6,9-15H,4-5,7-8,16-20H2,1-3H3,(H2,26,27,28);1H. The molecule has 32 heavy (non-hydrogen) atoms. The van der Waals surface area contributed by atoms with Gasteiger partial charge >= 0.3 is 0 Å². The monoisotopic (exact) mass is 551 g/mol. The van der Waals surface area contributed by atoms with Gasteiger partial charge in [0, 0.05) is 30.9 Å². The summed E-state index contributed by atoms with van der Waals surface area (Å²) in [6.45, 7) is 12.0. The predicted octanol–water partition coefficient (Wildman–Crippen LogP) is 3.83. The van der Waals surface area contributed by atoms with Gasteiger partial charge < -0.3 is 15.2 Å². The van der Waals surface area contributed by atoms with E-state index in [0.29, 0.717) is 13.1 Å². The number of benzene rings is 1. The van der Waals surface area contributed by atoms with Crippen LogP contribution >= 0.6 is 24.0 Å². The van der Waals surface area contributed by atoms with Crippen LogP contribution in [0.3, 0.4) is 0 Å². The van der Waals surface area contributed by atoms with Crippen LogP contribution in [0.1, 0.15) is 51.2 Å². The molecule has 176 valence electrons. The summed E-state index contributed by atoms with van der Waals surface area (Å²) in [7, 11) is 0. The Morgan fingerprint density at radius 3 is 2.34 bits per heavy atom. The molecular weight excluding hydrogens is 513 g/mol. The molecule has 6 nitrogen and oxygen atoms in total. The lowest BCUT2D eigenvalue weighted by molar-refractivity contribution is 0.0982. The highest BCUT2D eigenvalue weighted by Crippen LogP contribution is 2.19. The van der Waals surface area contributed by atoms with Crippen molar-refractivity contribution in [1.29, 1.82) is 0 Å². The van der Waals surface area contributed by atoms with Crippen LogP contribution < -0.4 is 16.2 Å². The van der Waals surface area contributed by atoms with Gasteiger partial charge in [0.05, 0.1) is 13.1 Å². The van der Waals surface area contributed by atoms with Gasteiger partial charge in [-0.1, -0.05) is 36.8 Å². The van der Waals surface area contributed by atoms with Gasteiger partial charge in [-0.2, -0.15) is 0 Å². The molecule has 2 heterocycles. The lowest BCUT2D eigenvalue weighted by Crippen LogP contribution is -2.54. The molecule has 1 aliphatic rings. The fraction of sp³-hybridized carbons (Fsp3) is 0.520. The van der Waals surface area contributed by atoms with Crippen molar-refractivity contribution in [3.8, 4) is 0 Å². The number of nitrogens with one attached hydrogen (secondary N) is 2. The summed E-state index contributed by atoms with van der Waals surface area (Å²) < 4.78 is 1.71. The van der Waals surface area contributed by atoms with Gasteiger partial charge in [-0.15, -0.1) is 24.0 Å². The van der Waals surface area contributed by atoms with E-state index < -0.39 is 0 Å². The molecule has 1 aromatic carbocycles. The van der Waals surface area contributed by atoms with Gasteiger partial charge in [0.2, 0.25) is 0 Å². The number of halogens is 1. The molecule has 0 saturated carbocycles. The molecule has 0 spiro atoms. The van der Waals surface area contributed by atoms with E-state index in [-0.39, 0.29) is 35.1 Å². The third kappa shape index (κ3) is 7.92. The Hall–Kier alpha value is -1.87. The number of aliphatic imine (C=N–C) groups is 1. The molecule has 0 unspecified atom stereocenters. The Labute approximate surface area is 209 Å². The van der Waals surface area contributed by atoms with Crippen LogP contribution in [0.5, 0.6) is 0 Å². The van der Waals surface area contributed by atoms with E-state index >= 15 is 0 Å². The SMILES string of the molecule is CCNC(=NCc1ccc(Cn2ccccc2=O)cc1)NCC(C)(C)N1CCCCC1.I. The molecule has 1 aromatic heterocycles. The number of nitrogens with zero attached hydrogens (tertiary/aromatic N) is 3. The van der Waals surface area contributed by atoms with Crippen LogP contribution in [-0.4, -0.2) is 47.1 Å². The highest BCUT2D eigenvalue weighted by Gasteiger charge is 2.27. The summed E-state index contributed by atoms with van der Waals surface area (Å²) in [5.74, 6) is 0.854. The minimum absolute atomic E-state index is 0. The highest BCUT2D eigenvalue weighted by atomic mass is 127. The van der Waals surface area contributed by atoms with Gasteiger partial charge in [0.1, 0.15) is 0 Å². The van der Waals surface area contributed by atoms with Crippen molar-refractivity contribution >= 4 is 29.9 Å². The number of hydrogen-bond acceptors (Lipinski definition) is 3. The van der Waals surface area contributed by atoms with E-state index in [1.165, 1.54) is 32.4 Å². The first kappa shape index (κ1) is 26.4. The van der Waals surface area contributed by atoms with E-state index in [9.17, 15) is 4.79 Å². The lowest BCUT2D eigenvalue weighted by Gasteiger charge is -2.41. The molecule has 3 rings (SSSR count). The maximum atomic E-state index is 11.9. The largest absolute Gasteiger partial charge is 0.357 e. The summed E-state index contributed by atoms with van der Waals surface area (Å²) in [6.07, 6.45) is 5.77. The number of hydrogen-bond donors (Lipinski definition) is 2. The summed E-state index contributed by atoms with van der Waals surface area (Å²) in [5.41, 5.74) is 2.38. The van der Waals surface area contributed by atoms with E-state index in [0.717, 1.165) is 30.2 Å². The minimum Gasteiger partial charge on any atom is -0.357 e. The number of likely N-dealkylation sites (tertiary alicyclic amines) is 1. The number of piperidine rings is 1. The summed E-state index contributed by atoms with van der Waals surface area (Å²) in [6, 6.07) is 13.6. The topological polar surface area (TPSA) is 61.7 Å². The number of rotatable bonds is 8. The fourth-order valence-corrected chi connectivity index (χ4v) is 3.96. The number of guanidine groups is 1. The fourth-order valence-electron chi connectivity index (χ4n) is 3.96. The molecule has 0 radical (unpaired) electrons. The smallest absolute Gasteiger partial charge is 0.250 e. The van der Waals surface area contributed by atoms with E-state index in [4.69, 9.17) is 4.99 Å². The van der Waals surface area contributed by atoms with Gasteiger partial charge in [-0.3, -0.25) is 9.69 Å². The zero-order valence-electron chi connectivity index (χ0n) is 19.6. The normalized spacial score (nSPS) is 15.2. The lowest BCUT2D eigenvalue weighted by atomic mass is 9.98. The van der Waals surface area contributed by atoms with E-state index in [2.05, 4.69) is 60.6 Å². The van der Waals surface area contributed by atoms with Crippen molar-refractivity contribution in [3.05, 3.63) is 70.1 Å². The summed E-state index contributed by atoms with van der Waals surface area (Å²) >= 11 is 0. The maximum Gasteiger partial charge on any atom is 0.250 e. The zero-order chi connectivity index (χ0) is 22.1. The number of aromatic nitrogens is 1. The van der Waals surface area contributed by atoms with Crippen LogP contribution in [0.2, 0.25) is 0 Å². The molecule has 2 aromatic rings. The molecule has 0 atom stereocenters. The van der Waals surface area contributed by atoms with Gasteiger partial charge in [-0.25, -0.2) is 4.99 Å². The average molecular weight is 552 g/mol. The van der Waals surface area contributed by atoms with Crippen molar-refractivity contribution in [2.45, 2.75) is 58.7 Å². The molecule has 0 amide bonds. The quantitative estimate of drug-likeness (QED) is 0.298. The maximum absolute atomic E-state index is 11.9. The third-order valence-corrected chi connectivity index (χ3v) is 5.94. The Morgan fingerprint density at radius 1 is 1.00 bits per heavy atom. The third-order valence-electron chi connectivity index (χ3n) is 5.94. The zero-order valence-corrected chi connectivity index (χ0v) is 22.0. The second kappa shape index (κ2) is 13.0. The first-order valence-corrected chi connectivity index (χ1v) is 11.5. The Balaban J connectivity index is 0.00000363. The molecule has 0 aliphatic carbocycles. The van der Waals surface area contributed by atoms with Crippen molar-refractivity contribution in [2.24, 2.45) is 4.99 Å². The Morgan fingerprint density at radius 2 is 1.69 bits per heavy atom. The summed E-state index contributed by atoms with van der Waals surface area (Å²) in [4.78, 5) is 19.3. The van der Waals surface area contributed by atoms with Crippen molar-refractivity contribution in [1.82, 2.24) is 20.1 Å². The van der Waals surface area contributed by atoms with Gasteiger partial charge in [-0.05, 0) is 63.9 Å². The summed E-state index contributed by atoms with van der Waals surface area (Å²) in [5, 5.41) is 6.90. The number of pyridine rings is 1. The molecule has 1 aliphatic heterocycles. The molecule has 2 N–H and O–H groups in total. The van der Waals surface area contributed by atoms with Gasteiger partial charge in [0.15, 0.2) is 5.96 Å². The second-order valence-electron chi connectivity index (χ2n) is 8.89. The van der Waals surface area contributed by atoms with Crippen molar-refractivity contribution in [3.63, 3.8) is 0 Å². The second-order valence-corrected chi connectivity index (χ2v) is 8.89. The molecule has 0 bridgehead atoms. The predicted molar refractivity (Wildman–Crippen MR) is 144 cm³/mol. The molecule has 7 heteroatoms. The van der Waals surface area contributed by atoms with Crippen molar-refractivity contribution < 1.29 is 0 Å². The average Bonchev–Trinajstić information content (AvgIpc) is 2.79. The first-order valence-electron chi connectivity index (χ1n) is 11.5. The van der Waals surface area contributed by atoms with Crippen LogP contribution in [0.25, 0.3) is 0 Å². The van der Waals surface area contributed by atoms with E-state index in [1.54, 1.807) is 16.7 Å². The van der Waals surface area contributed by atoms with Crippen LogP contribution in [0.4, 0.5) is 0 Å². The Bertz CT molecular complexity index is 901.